The summed E-state index contributed by atoms with van der Waals surface area (Å²) in [6, 6.07) is 10.2. The van der Waals surface area contributed by atoms with Gasteiger partial charge in [0.15, 0.2) is 0 Å². The van der Waals surface area contributed by atoms with E-state index in [9.17, 15) is 24.3 Å². The normalized spacial score (nSPS) is 20.9. The number of esters is 1. The number of amides is 2. The first kappa shape index (κ1) is 31.4. The topological polar surface area (TPSA) is 122 Å². The Bertz CT molecular complexity index is 1280. The van der Waals surface area contributed by atoms with Crippen LogP contribution in [0.25, 0.3) is 0 Å². The number of halogens is 2. The van der Waals surface area contributed by atoms with Crippen molar-refractivity contribution in [2.45, 2.75) is 72.4 Å². The highest BCUT2D eigenvalue weighted by Crippen LogP contribution is 2.57. The van der Waals surface area contributed by atoms with Gasteiger partial charge in [-0.25, -0.2) is 4.79 Å². The van der Waals surface area contributed by atoms with Crippen molar-refractivity contribution in [3.63, 3.8) is 0 Å². The zero-order valence-electron chi connectivity index (χ0n) is 23.6. The highest BCUT2D eigenvalue weighted by molar-refractivity contribution is 6.40. The predicted octanol–water partition coefficient (Wildman–Crippen LogP) is 6.14. The molecule has 2 amide bonds. The number of nitrogens with one attached hydrogen (secondary N) is 2. The minimum atomic E-state index is -1.18. The molecule has 1 aliphatic rings. The second-order valence-corrected chi connectivity index (χ2v) is 12.8. The van der Waals surface area contributed by atoms with Crippen LogP contribution >= 0.6 is 23.2 Å². The van der Waals surface area contributed by atoms with E-state index in [0.29, 0.717) is 24.1 Å². The van der Waals surface area contributed by atoms with Gasteiger partial charge in [-0.05, 0) is 75.8 Å². The van der Waals surface area contributed by atoms with Crippen molar-refractivity contribution in [3.05, 3.63) is 63.6 Å². The van der Waals surface area contributed by atoms with Gasteiger partial charge >= 0.3 is 11.9 Å². The van der Waals surface area contributed by atoms with Gasteiger partial charge < -0.3 is 20.5 Å². The van der Waals surface area contributed by atoms with Gasteiger partial charge in [-0.2, -0.15) is 0 Å². The molecular weight excluding hydrogens is 555 g/mol. The SMILES string of the molecule is CC(C)(C)OC(=O)[C@]1(C)CC[C@H](C(=O)N[C@@H](Cc2ccc(NC(=O)c3c(Cl)cccc3Cl)cc2)C(=O)O)C1(C)C. The van der Waals surface area contributed by atoms with Gasteiger partial charge in [0.1, 0.15) is 11.6 Å². The summed E-state index contributed by atoms with van der Waals surface area (Å²) in [5, 5.41) is 15.7. The third-order valence-electron chi connectivity index (χ3n) is 7.85. The average Bonchev–Trinajstić information content (AvgIpc) is 3.08. The van der Waals surface area contributed by atoms with Crippen LogP contribution in [0, 0.1) is 16.7 Å². The highest BCUT2D eigenvalue weighted by Gasteiger charge is 2.59. The molecule has 1 fully saturated rings. The molecule has 3 atom stereocenters. The van der Waals surface area contributed by atoms with Crippen molar-refractivity contribution in [3.8, 4) is 0 Å². The number of ether oxygens (including phenoxy) is 1. The number of carbonyl (C=O) groups is 4. The van der Waals surface area contributed by atoms with Crippen LogP contribution in [0.2, 0.25) is 10.0 Å². The first-order chi connectivity index (χ1) is 18.5. The monoisotopic (exact) mass is 590 g/mol. The summed E-state index contributed by atoms with van der Waals surface area (Å²) in [5.74, 6) is -2.99. The number of rotatable bonds is 8. The Hall–Kier alpha value is -3.10. The summed E-state index contributed by atoms with van der Waals surface area (Å²) in [7, 11) is 0. The Kier molecular flexibility index (Phi) is 9.26. The van der Waals surface area contributed by atoms with E-state index < -0.39 is 46.2 Å². The number of carboxylic acids is 1. The molecule has 2 aromatic carbocycles. The number of carboxylic acid groups (broad SMARTS) is 1. The van der Waals surface area contributed by atoms with Crippen LogP contribution in [0.4, 0.5) is 5.69 Å². The van der Waals surface area contributed by atoms with E-state index in [1.165, 1.54) is 0 Å². The number of aliphatic carboxylic acids is 1. The van der Waals surface area contributed by atoms with Crippen LogP contribution in [-0.2, 0) is 25.5 Å². The van der Waals surface area contributed by atoms with Gasteiger partial charge in [-0.1, -0.05) is 55.2 Å². The summed E-state index contributed by atoms with van der Waals surface area (Å²) in [6.07, 6.45) is 0.921. The van der Waals surface area contributed by atoms with Crippen LogP contribution in [0.5, 0.6) is 0 Å². The lowest BCUT2D eigenvalue weighted by Crippen LogP contribution is -2.50. The third kappa shape index (κ3) is 6.78. The largest absolute Gasteiger partial charge is 0.480 e. The molecule has 3 rings (SSSR count). The third-order valence-corrected chi connectivity index (χ3v) is 8.48. The Morgan fingerprint density at radius 2 is 1.60 bits per heavy atom. The van der Waals surface area contributed by atoms with Crippen molar-refractivity contribution in [1.82, 2.24) is 5.32 Å². The molecule has 0 saturated heterocycles. The van der Waals surface area contributed by atoms with E-state index in [2.05, 4.69) is 10.6 Å². The van der Waals surface area contributed by atoms with Gasteiger partial charge in [0.05, 0.1) is 21.0 Å². The van der Waals surface area contributed by atoms with Crippen molar-refractivity contribution in [2.75, 3.05) is 5.32 Å². The molecule has 3 N–H and O–H groups in total. The first-order valence-corrected chi connectivity index (χ1v) is 13.8. The highest BCUT2D eigenvalue weighted by atomic mass is 35.5. The standard InChI is InChI=1S/C30H36Cl2N2O6/c1-28(2,3)40-27(39)30(6)15-14-19(29(30,4)5)24(35)34-22(26(37)38)16-17-10-12-18(13-11-17)33-25(36)23-20(31)8-7-9-21(23)32/h7-13,19,22H,14-16H2,1-6H3,(H,33,36)(H,34,35)(H,37,38)/t19-,22+,30+/m1/s1. The molecule has 0 heterocycles. The number of anilines is 1. The fraction of sp³-hybridized carbons (Fsp3) is 0.467. The molecular formula is C30H36Cl2N2O6. The Morgan fingerprint density at radius 3 is 2.12 bits per heavy atom. The smallest absolute Gasteiger partial charge is 0.326 e. The fourth-order valence-corrected chi connectivity index (χ4v) is 5.62. The summed E-state index contributed by atoms with van der Waals surface area (Å²) < 4.78 is 5.65. The minimum absolute atomic E-state index is 0.0299. The van der Waals surface area contributed by atoms with E-state index in [4.69, 9.17) is 27.9 Å². The quantitative estimate of drug-likeness (QED) is 0.317. The Morgan fingerprint density at radius 1 is 1.02 bits per heavy atom. The van der Waals surface area contributed by atoms with Gasteiger partial charge in [0, 0.05) is 18.0 Å². The van der Waals surface area contributed by atoms with Crippen LogP contribution in [0.1, 0.15) is 70.3 Å². The second-order valence-electron chi connectivity index (χ2n) is 12.0. The Balaban J connectivity index is 1.68. The lowest BCUT2D eigenvalue weighted by molar-refractivity contribution is -0.173. The molecule has 1 aliphatic carbocycles. The number of hydrogen-bond acceptors (Lipinski definition) is 5. The summed E-state index contributed by atoms with van der Waals surface area (Å²) in [6.45, 7) is 10.9. The molecule has 10 heteroatoms. The summed E-state index contributed by atoms with van der Waals surface area (Å²) in [5.41, 5.74) is -1.05. The molecule has 0 unspecified atom stereocenters. The molecule has 0 radical (unpaired) electrons. The molecule has 0 spiro atoms. The lowest BCUT2D eigenvalue weighted by Gasteiger charge is -2.40. The van der Waals surface area contributed by atoms with E-state index in [-0.39, 0.29) is 28.0 Å². The van der Waals surface area contributed by atoms with E-state index >= 15 is 0 Å². The number of carbonyl (C=O) groups excluding carboxylic acids is 3. The van der Waals surface area contributed by atoms with Crippen LogP contribution < -0.4 is 10.6 Å². The molecule has 216 valence electrons. The molecule has 2 aromatic rings. The predicted molar refractivity (Wildman–Crippen MR) is 155 cm³/mol. The molecule has 0 aromatic heterocycles. The molecule has 0 aliphatic heterocycles. The van der Waals surface area contributed by atoms with Crippen molar-refractivity contribution in [1.29, 1.82) is 0 Å². The Labute approximate surface area is 244 Å². The number of hydrogen-bond donors (Lipinski definition) is 3. The molecule has 40 heavy (non-hydrogen) atoms. The van der Waals surface area contributed by atoms with Gasteiger partial charge in [-0.15, -0.1) is 0 Å². The average molecular weight is 592 g/mol. The zero-order chi connectivity index (χ0) is 30.0. The van der Waals surface area contributed by atoms with Crippen molar-refractivity contribution >= 4 is 52.6 Å². The molecule has 0 bridgehead atoms. The second kappa shape index (κ2) is 11.8. The van der Waals surface area contributed by atoms with E-state index in [1.807, 2.05) is 20.8 Å². The zero-order valence-corrected chi connectivity index (χ0v) is 25.1. The van der Waals surface area contributed by atoms with Gasteiger partial charge in [-0.3, -0.25) is 14.4 Å². The van der Waals surface area contributed by atoms with E-state index in [1.54, 1.807) is 63.2 Å². The summed E-state index contributed by atoms with van der Waals surface area (Å²) >= 11 is 12.2. The van der Waals surface area contributed by atoms with Crippen LogP contribution in [0.15, 0.2) is 42.5 Å². The van der Waals surface area contributed by atoms with Crippen LogP contribution in [0.3, 0.4) is 0 Å². The van der Waals surface area contributed by atoms with Gasteiger partial charge in [0.25, 0.3) is 5.91 Å². The molecule has 8 nitrogen and oxygen atoms in total. The van der Waals surface area contributed by atoms with Crippen molar-refractivity contribution < 1.29 is 29.0 Å². The van der Waals surface area contributed by atoms with Crippen LogP contribution in [-0.4, -0.2) is 40.5 Å². The summed E-state index contributed by atoms with van der Waals surface area (Å²) in [4.78, 5) is 51.1. The molecule has 1 saturated carbocycles. The van der Waals surface area contributed by atoms with Gasteiger partial charge in [0.2, 0.25) is 5.91 Å². The lowest BCUT2D eigenvalue weighted by atomic mass is 9.65. The fourth-order valence-electron chi connectivity index (χ4n) is 5.06. The first-order valence-electron chi connectivity index (χ1n) is 13.1. The maximum Gasteiger partial charge on any atom is 0.326 e. The van der Waals surface area contributed by atoms with E-state index in [0.717, 1.165) is 0 Å². The maximum absolute atomic E-state index is 13.3. The van der Waals surface area contributed by atoms with Crippen molar-refractivity contribution in [2.24, 2.45) is 16.7 Å². The minimum Gasteiger partial charge on any atom is -0.480 e. The maximum atomic E-state index is 13.3. The number of benzene rings is 2.